The topological polar surface area (TPSA) is 104 Å². The molecular weight excluding hydrogens is 466 g/mol. The van der Waals surface area contributed by atoms with Crippen LogP contribution < -0.4 is 21.9 Å². The van der Waals surface area contributed by atoms with Gasteiger partial charge in [0, 0.05) is 18.1 Å². The lowest BCUT2D eigenvalue weighted by atomic mass is 10.2. The number of H-pyrrole nitrogens is 1. The van der Waals surface area contributed by atoms with Gasteiger partial charge in [0.2, 0.25) is 5.91 Å². The van der Waals surface area contributed by atoms with Gasteiger partial charge in [-0.25, -0.2) is 4.79 Å². The van der Waals surface area contributed by atoms with E-state index in [-0.39, 0.29) is 30.5 Å². The number of aromatic nitrogens is 2. The van der Waals surface area contributed by atoms with Gasteiger partial charge in [-0.15, -0.1) is 0 Å². The summed E-state index contributed by atoms with van der Waals surface area (Å²) in [6.07, 6.45) is 1.56. The van der Waals surface area contributed by atoms with Crippen molar-refractivity contribution in [1.29, 1.82) is 0 Å². The molecule has 0 radical (unpaired) electrons. The number of nitrogens with one attached hydrogen (secondary N) is 1. The zero-order chi connectivity index (χ0) is 25.4. The predicted octanol–water partition coefficient (Wildman–Crippen LogP) is 3.63. The van der Waals surface area contributed by atoms with Gasteiger partial charge in [0.1, 0.15) is 5.82 Å². The number of nitrogens with zero attached hydrogens (tertiary/aromatic N) is 3. The van der Waals surface area contributed by atoms with Crippen LogP contribution in [0.25, 0.3) is 0 Å². The number of nitrogen functional groups attached to an aromatic ring is 1. The van der Waals surface area contributed by atoms with Crippen LogP contribution in [-0.2, 0) is 24.4 Å². The van der Waals surface area contributed by atoms with Gasteiger partial charge in [-0.05, 0) is 36.2 Å². The zero-order valence-corrected chi connectivity index (χ0v) is 20.9. The maximum atomic E-state index is 13.7. The Hall–Kier alpha value is -3.36. The molecular formula is C26H32ClN5O3. The zero-order valence-electron chi connectivity index (χ0n) is 20.2. The fraction of sp³-hybridized carbons (Fsp3) is 0.346. The first-order valence-corrected chi connectivity index (χ1v) is 12.2. The summed E-state index contributed by atoms with van der Waals surface area (Å²) in [4.78, 5) is 44.7. The second kappa shape index (κ2) is 12.4. The van der Waals surface area contributed by atoms with E-state index in [0.717, 1.165) is 17.5 Å². The standard InChI is InChI=1S/C26H32ClN5O3/c1-3-5-14-31-24(28)23(25(34)29-26(31)35)32(17-19-10-7-6-8-11-19)22(33)18-30(4-2)16-20-12-9-13-21(27)15-20/h6-13,15H,3-5,14,16-18,28H2,1-2H3,(H,29,34,35). The van der Waals surface area contributed by atoms with Crippen molar-refractivity contribution >= 4 is 29.0 Å². The second-order valence-electron chi connectivity index (χ2n) is 8.40. The van der Waals surface area contributed by atoms with Crippen molar-refractivity contribution in [3.8, 4) is 0 Å². The van der Waals surface area contributed by atoms with Gasteiger partial charge in [0.25, 0.3) is 5.56 Å². The number of carbonyl (C=O) groups is 1. The molecule has 3 aromatic rings. The Balaban J connectivity index is 1.97. The SMILES string of the molecule is CCCCn1c(N)c(N(Cc2ccccc2)C(=O)CN(CC)Cc2cccc(Cl)c2)c(=O)[nH]c1=O. The molecule has 186 valence electrons. The molecule has 0 fully saturated rings. The molecule has 0 aliphatic rings. The highest BCUT2D eigenvalue weighted by Crippen LogP contribution is 2.21. The predicted molar refractivity (Wildman–Crippen MR) is 141 cm³/mol. The number of nitrogens with two attached hydrogens (primary N) is 1. The molecule has 3 N–H and O–H groups in total. The summed E-state index contributed by atoms with van der Waals surface area (Å²) < 4.78 is 1.33. The number of hydrogen-bond acceptors (Lipinski definition) is 5. The van der Waals surface area contributed by atoms with E-state index in [9.17, 15) is 14.4 Å². The number of carbonyl (C=O) groups excluding carboxylic acids is 1. The quantitative estimate of drug-likeness (QED) is 0.421. The number of unbranched alkanes of at least 4 members (excludes halogenated alkanes) is 1. The smallest absolute Gasteiger partial charge is 0.330 e. The lowest BCUT2D eigenvalue weighted by Crippen LogP contribution is -2.44. The van der Waals surface area contributed by atoms with Gasteiger partial charge in [-0.1, -0.05) is 74.3 Å². The van der Waals surface area contributed by atoms with Crippen molar-refractivity contribution in [2.75, 3.05) is 23.7 Å². The van der Waals surface area contributed by atoms with E-state index in [1.165, 1.54) is 9.47 Å². The third-order valence-corrected chi connectivity index (χ3v) is 6.04. The minimum absolute atomic E-state index is 0.00521. The van der Waals surface area contributed by atoms with Gasteiger partial charge < -0.3 is 5.73 Å². The molecule has 1 amide bonds. The van der Waals surface area contributed by atoms with Crippen molar-refractivity contribution < 1.29 is 4.79 Å². The van der Waals surface area contributed by atoms with Crippen LogP contribution >= 0.6 is 11.6 Å². The van der Waals surface area contributed by atoms with Crippen molar-refractivity contribution in [2.24, 2.45) is 0 Å². The number of anilines is 2. The number of halogens is 1. The number of rotatable bonds is 11. The average molecular weight is 498 g/mol. The van der Waals surface area contributed by atoms with Crippen molar-refractivity contribution in [3.05, 3.63) is 91.6 Å². The monoisotopic (exact) mass is 497 g/mol. The average Bonchev–Trinajstić information content (AvgIpc) is 2.83. The van der Waals surface area contributed by atoms with Gasteiger partial charge in [-0.3, -0.25) is 28.9 Å². The molecule has 0 unspecified atom stereocenters. The highest BCUT2D eigenvalue weighted by atomic mass is 35.5. The van der Waals surface area contributed by atoms with Crippen molar-refractivity contribution in [1.82, 2.24) is 14.5 Å². The molecule has 3 rings (SSSR count). The first-order chi connectivity index (χ1) is 16.8. The van der Waals surface area contributed by atoms with Crippen LogP contribution in [0, 0.1) is 0 Å². The molecule has 0 saturated carbocycles. The van der Waals surface area contributed by atoms with E-state index >= 15 is 0 Å². The lowest BCUT2D eigenvalue weighted by molar-refractivity contribution is -0.120. The van der Waals surface area contributed by atoms with E-state index in [1.807, 2.05) is 67.3 Å². The van der Waals surface area contributed by atoms with E-state index in [4.69, 9.17) is 17.3 Å². The number of likely N-dealkylation sites (N-methyl/N-ethyl adjacent to an activating group) is 1. The number of amides is 1. The normalized spacial score (nSPS) is 11.1. The van der Waals surface area contributed by atoms with Crippen LogP contribution in [0.3, 0.4) is 0 Å². The molecule has 35 heavy (non-hydrogen) atoms. The maximum absolute atomic E-state index is 13.7. The van der Waals surface area contributed by atoms with E-state index in [0.29, 0.717) is 31.1 Å². The molecule has 0 aliphatic heterocycles. The summed E-state index contributed by atoms with van der Waals surface area (Å²) in [7, 11) is 0. The largest absolute Gasteiger partial charge is 0.383 e. The third kappa shape index (κ3) is 6.83. The Morgan fingerprint density at radius 1 is 1.03 bits per heavy atom. The van der Waals surface area contributed by atoms with Crippen LogP contribution in [0.1, 0.15) is 37.8 Å². The molecule has 0 saturated heterocycles. The van der Waals surface area contributed by atoms with E-state index < -0.39 is 11.2 Å². The maximum Gasteiger partial charge on any atom is 0.330 e. The lowest BCUT2D eigenvalue weighted by Gasteiger charge is -2.28. The molecule has 9 heteroatoms. The van der Waals surface area contributed by atoms with Crippen molar-refractivity contribution in [3.63, 3.8) is 0 Å². The Morgan fingerprint density at radius 2 is 1.74 bits per heavy atom. The first kappa shape index (κ1) is 26.2. The summed E-state index contributed by atoms with van der Waals surface area (Å²) in [5, 5.41) is 0.629. The van der Waals surface area contributed by atoms with Gasteiger partial charge in [0.05, 0.1) is 13.1 Å². The third-order valence-electron chi connectivity index (χ3n) is 5.81. The highest BCUT2D eigenvalue weighted by Gasteiger charge is 2.26. The summed E-state index contributed by atoms with van der Waals surface area (Å²) in [5.41, 5.74) is 6.90. The molecule has 1 heterocycles. The van der Waals surface area contributed by atoms with Crippen LogP contribution in [0.2, 0.25) is 5.02 Å². The van der Waals surface area contributed by atoms with Crippen LogP contribution in [0.4, 0.5) is 11.5 Å². The number of benzene rings is 2. The van der Waals surface area contributed by atoms with E-state index in [2.05, 4.69) is 4.98 Å². The van der Waals surface area contributed by atoms with Gasteiger partial charge in [-0.2, -0.15) is 0 Å². The molecule has 8 nitrogen and oxygen atoms in total. The molecule has 0 bridgehead atoms. The molecule has 0 atom stereocenters. The Bertz CT molecular complexity index is 1260. The minimum atomic E-state index is -0.678. The fourth-order valence-electron chi connectivity index (χ4n) is 3.88. The van der Waals surface area contributed by atoms with Crippen LogP contribution in [0.15, 0.2) is 64.2 Å². The Kier molecular flexibility index (Phi) is 9.28. The van der Waals surface area contributed by atoms with Crippen LogP contribution in [0.5, 0.6) is 0 Å². The van der Waals surface area contributed by atoms with Crippen molar-refractivity contribution in [2.45, 2.75) is 46.3 Å². The highest BCUT2D eigenvalue weighted by molar-refractivity contribution is 6.30. The first-order valence-electron chi connectivity index (χ1n) is 11.8. The number of hydrogen-bond donors (Lipinski definition) is 2. The molecule has 1 aromatic heterocycles. The number of aromatic amines is 1. The molecule has 0 spiro atoms. The molecule has 0 aliphatic carbocycles. The van der Waals surface area contributed by atoms with Gasteiger partial charge >= 0.3 is 5.69 Å². The summed E-state index contributed by atoms with van der Waals surface area (Å²) >= 11 is 6.12. The molecule has 2 aromatic carbocycles. The fourth-order valence-corrected chi connectivity index (χ4v) is 4.10. The summed E-state index contributed by atoms with van der Waals surface area (Å²) in [5.74, 6) is -0.301. The van der Waals surface area contributed by atoms with Gasteiger partial charge in [0.15, 0.2) is 5.69 Å². The Morgan fingerprint density at radius 3 is 2.40 bits per heavy atom. The summed E-state index contributed by atoms with van der Waals surface area (Å²) in [6.45, 7) is 5.65. The second-order valence-corrected chi connectivity index (χ2v) is 8.83. The van der Waals surface area contributed by atoms with E-state index in [1.54, 1.807) is 6.07 Å². The summed E-state index contributed by atoms with van der Waals surface area (Å²) in [6, 6.07) is 16.9. The van der Waals surface area contributed by atoms with Crippen LogP contribution in [-0.4, -0.2) is 33.4 Å². The minimum Gasteiger partial charge on any atom is -0.383 e. The Labute approximate surface area is 209 Å².